The van der Waals surface area contributed by atoms with Gasteiger partial charge in [-0.3, -0.25) is 0 Å². The van der Waals surface area contributed by atoms with E-state index in [1.165, 1.54) is 0 Å². The molecule has 0 N–H and O–H groups in total. The molecule has 4 nitrogen and oxygen atoms in total. The molecular weight excluding hydrogens is 188 g/mol. The van der Waals surface area contributed by atoms with Crippen LogP contribution in [0.3, 0.4) is 0 Å². The van der Waals surface area contributed by atoms with Crippen molar-refractivity contribution >= 4 is 0 Å². The lowest BCUT2D eigenvalue weighted by Crippen LogP contribution is -2.43. The van der Waals surface area contributed by atoms with Gasteiger partial charge in [-0.05, 0) is 13.8 Å². The van der Waals surface area contributed by atoms with E-state index in [4.69, 9.17) is 0 Å². The molecule has 0 aromatic rings. The van der Waals surface area contributed by atoms with Gasteiger partial charge < -0.3 is 19.6 Å². The second kappa shape index (κ2) is 3.68. The number of rotatable bonds is 2. The van der Waals surface area contributed by atoms with E-state index < -0.39 is 0 Å². The number of hydrogen-bond acceptors (Lipinski definition) is 4. The van der Waals surface area contributed by atoms with Gasteiger partial charge in [-0.2, -0.15) is 0 Å². The number of hydrogen-bond donors (Lipinski definition) is 0. The molecule has 0 radical (unpaired) electrons. The van der Waals surface area contributed by atoms with Crippen molar-refractivity contribution in [1.82, 2.24) is 19.6 Å². The van der Waals surface area contributed by atoms with Crippen molar-refractivity contribution in [3.63, 3.8) is 0 Å². The standard InChI is InChI=1S/C11H20N4/c1-10-12(3)5-7-14(10)9-15-8-6-13(4)11(15)2/h5-8,10-11H,9H2,1-4H3/t10-,11+. The summed E-state index contributed by atoms with van der Waals surface area (Å²) in [7, 11) is 4.22. The van der Waals surface area contributed by atoms with E-state index in [9.17, 15) is 0 Å². The highest BCUT2D eigenvalue weighted by Gasteiger charge is 2.24. The molecule has 2 aliphatic heterocycles. The third kappa shape index (κ3) is 1.76. The molecule has 0 aliphatic carbocycles. The molecule has 2 aliphatic rings. The molecule has 0 aromatic carbocycles. The van der Waals surface area contributed by atoms with Gasteiger partial charge in [-0.25, -0.2) is 0 Å². The van der Waals surface area contributed by atoms with E-state index in [1.807, 2.05) is 0 Å². The molecule has 84 valence electrons. The fourth-order valence-electron chi connectivity index (χ4n) is 1.87. The Morgan fingerprint density at radius 3 is 1.47 bits per heavy atom. The summed E-state index contributed by atoms with van der Waals surface area (Å²) in [6, 6.07) is 0. The predicted octanol–water partition coefficient (Wildman–Crippen LogP) is 1.07. The topological polar surface area (TPSA) is 13.0 Å². The molecule has 0 aromatic heterocycles. The molecular formula is C11H20N4. The SMILES string of the molecule is C[C@@H]1N(C)C=CN1CN1C=CN(C)[C@@H]1C. The number of nitrogens with zero attached hydrogens (tertiary/aromatic N) is 4. The van der Waals surface area contributed by atoms with Crippen LogP contribution in [0.2, 0.25) is 0 Å². The molecule has 0 bridgehead atoms. The highest BCUT2D eigenvalue weighted by atomic mass is 15.5. The summed E-state index contributed by atoms with van der Waals surface area (Å²) >= 11 is 0. The zero-order valence-corrected chi connectivity index (χ0v) is 9.96. The van der Waals surface area contributed by atoms with Crippen molar-refractivity contribution in [3.05, 3.63) is 24.8 Å². The Balaban J connectivity index is 1.93. The molecule has 0 spiro atoms. The normalized spacial score (nSPS) is 29.9. The van der Waals surface area contributed by atoms with E-state index in [0.717, 1.165) is 6.67 Å². The van der Waals surface area contributed by atoms with Crippen LogP contribution in [0.25, 0.3) is 0 Å². The van der Waals surface area contributed by atoms with Crippen molar-refractivity contribution in [1.29, 1.82) is 0 Å². The molecule has 0 saturated heterocycles. The van der Waals surface area contributed by atoms with Crippen LogP contribution in [0.4, 0.5) is 0 Å². The zero-order valence-electron chi connectivity index (χ0n) is 9.96. The Labute approximate surface area is 92.0 Å². The van der Waals surface area contributed by atoms with Crippen LogP contribution < -0.4 is 0 Å². The lowest BCUT2D eigenvalue weighted by molar-refractivity contribution is 0.0924. The zero-order chi connectivity index (χ0) is 11.0. The minimum atomic E-state index is 0.455. The lowest BCUT2D eigenvalue weighted by atomic mass is 10.4. The third-order valence-corrected chi connectivity index (χ3v) is 3.45. The molecule has 2 rings (SSSR count). The fourth-order valence-corrected chi connectivity index (χ4v) is 1.87. The summed E-state index contributed by atoms with van der Waals surface area (Å²) in [4.78, 5) is 9.10. The van der Waals surface area contributed by atoms with E-state index in [1.54, 1.807) is 0 Å². The van der Waals surface area contributed by atoms with Gasteiger partial charge in [0, 0.05) is 38.9 Å². The molecule has 0 fully saturated rings. The maximum Gasteiger partial charge on any atom is 0.0990 e. The highest BCUT2D eigenvalue weighted by molar-refractivity contribution is 4.98. The van der Waals surface area contributed by atoms with E-state index >= 15 is 0 Å². The molecule has 0 unspecified atom stereocenters. The first-order valence-electron chi connectivity index (χ1n) is 5.41. The van der Waals surface area contributed by atoms with Crippen molar-refractivity contribution in [3.8, 4) is 0 Å². The third-order valence-electron chi connectivity index (χ3n) is 3.45. The fraction of sp³-hybridized carbons (Fsp3) is 0.636. The first-order chi connectivity index (χ1) is 7.09. The maximum atomic E-state index is 2.33. The Morgan fingerprint density at radius 2 is 1.20 bits per heavy atom. The molecule has 2 atom stereocenters. The van der Waals surface area contributed by atoms with Gasteiger partial charge in [0.25, 0.3) is 0 Å². The van der Waals surface area contributed by atoms with Crippen LogP contribution in [-0.2, 0) is 0 Å². The first kappa shape index (κ1) is 10.2. The Morgan fingerprint density at radius 1 is 0.800 bits per heavy atom. The molecule has 15 heavy (non-hydrogen) atoms. The second-order valence-electron chi connectivity index (χ2n) is 4.36. The van der Waals surface area contributed by atoms with Crippen molar-refractivity contribution < 1.29 is 0 Å². The van der Waals surface area contributed by atoms with Crippen LogP contribution >= 0.6 is 0 Å². The van der Waals surface area contributed by atoms with Gasteiger partial charge in [0.1, 0.15) is 0 Å². The van der Waals surface area contributed by atoms with Crippen LogP contribution in [0.15, 0.2) is 24.8 Å². The molecule has 0 amide bonds. The van der Waals surface area contributed by atoms with E-state index in [2.05, 4.69) is 72.3 Å². The predicted molar refractivity (Wildman–Crippen MR) is 61.3 cm³/mol. The van der Waals surface area contributed by atoms with E-state index in [-0.39, 0.29) is 0 Å². The average Bonchev–Trinajstić information content (AvgIpc) is 2.68. The summed E-state index contributed by atoms with van der Waals surface area (Å²) in [5.41, 5.74) is 0. The Hall–Kier alpha value is -1.32. The van der Waals surface area contributed by atoms with Crippen LogP contribution in [-0.4, -0.2) is 52.7 Å². The minimum Gasteiger partial charge on any atom is -0.359 e. The van der Waals surface area contributed by atoms with Crippen molar-refractivity contribution in [2.75, 3.05) is 20.8 Å². The van der Waals surface area contributed by atoms with Crippen LogP contribution in [0.1, 0.15) is 13.8 Å². The monoisotopic (exact) mass is 208 g/mol. The molecule has 0 saturated carbocycles. The largest absolute Gasteiger partial charge is 0.359 e. The van der Waals surface area contributed by atoms with Crippen LogP contribution in [0, 0.1) is 0 Å². The summed E-state index contributed by atoms with van der Waals surface area (Å²) < 4.78 is 0. The molecule has 2 heterocycles. The summed E-state index contributed by atoms with van der Waals surface area (Å²) in [5.74, 6) is 0. The summed E-state index contributed by atoms with van der Waals surface area (Å²) in [6.45, 7) is 5.38. The molecule has 4 heteroatoms. The van der Waals surface area contributed by atoms with Gasteiger partial charge in [0.2, 0.25) is 0 Å². The van der Waals surface area contributed by atoms with Gasteiger partial charge in [0.05, 0.1) is 19.0 Å². The quantitative estimate of drug-likeness (QED) is 0.673. The average molecular weight is 208 g/mol. The highest BCUT2D eigenvalue weighted by Crippen LogP contribution is 2.18. The van der Waals surface area contributed by atoms with Crippen LogP contribution in [0.5, 0.6) is 0 Å². The summed E-state index contributed by atoms with van der Waals surface area (Å²) in [5, 5.41) is 0. The van der Waals surface area contributed by atoms with Gasteiger partial charge in [-0.1, -0.05) is 0 Å². The van der Waals surface area contributed by atoms with Gasteiger partial charge >= 0.3 is 0 Å². The Bertz CT molecular complexity index is 258. The first-order valence-corrected chi connectivity index (χ1v) is 5.41. The summed E-state index contributed by atoms with van der Waals surface area (Å²) in [6.07, 6.45) is 9.47. The van der Waals surface area contributed by atoms with Crippen molar-refractivity contribution in [2.24, 2.45) is 0 Å². The Kier molecular flexibility index (Phi) is 2.50. The minimum absolute atomic E-state index is 0.455. The maximum absolute atomic E-state index is 2.33. The van der Waals surface area contributed by atoms with E-state index in [0.29, 0.717) is 12.3 Å². The van der Waals surface area contributed by atoms with Gasteiger partial charge in [-0.15, -0.1) is 0 Å². The van der Waals surface area contributed by atoms with Crippen molar-refractivity contribution in [2.45, 2.75) is 26.2 Å². The smallest absolute Gasteiger partial charge is 0.0990 e. The second-order valence-corrected chi connectivity index (χ2v) is 4.36. The lowest BCUT2D eigenvalue weighted by Gasteiger charge is -2.34. The van der Waals surface area contributed by atoms with Gasteiger partial charge in [0.15, 0.2) is 0 Å².